The topological polar surface area (TPSA) is 68.3 Å². The molecule has 0 aromatic carbocycles. The van der Waals surface area contributed by atoms with Crippen molar-refractivity contribution in [2.75, 3.05) is 23.0 Å². The van der Waals surface area contributed by atoms with E-state index in [1.807, 2.05) is 0 Å². The fraction of sp³-hybridized carbons (Fsp3) is 1.00. The molecule has 10 heteroatoms. The molecule has 4 atom stereocenters. The van der Waals surface area contributed by atoms with Crippen molar-refractivity contribution < 1.29 is 16.8 Å². The second kappa shape index (κ2) is 6.05. The molecule has 106 valence electrons. The van der Waals surface area contributed by atoms with Crippen molar-refractivity contribution in [2.24, 2.45) is 0 Å². The number of halogens is 2. The number of alkyl halides is 2. The van der Waals surface area contributed by atoms with Crippen LogP contribution in [0.1, 0.15) is 0 Å². The van der Waals surface area contributed by atoms with E-state index in [-0.39, 0.29) is 41.4 Å². The standard InChI is InChI=1S/C8H12I2O4S4/c9-5-1-17(11,12)3-7(5)15-16-8-4-18(13,14)2-6(8)10/h5-8H,1-4H2/t5-,6+,7-,8+. The lowest BCUT2D eigenvalue weighted by Crippen LogP contribution is -2.16. The van der Waals surface area contributed by atoms with E-state index in [4.69, 9.17) is 0 Å². The minimum atomic E-state index is -2.89. The van der Waals surface area contributed by atoms with Gasteiger partial charge in [0.15, 0.2) is 19.7 Å². The van der Waals surface area contributed by atoms with Gasteiger partial charge in [0.05, 0.1) is 23.0 Å². The Labute approximate surface area is 143 Å². The van der Waals surface area contributed by atoms with E-state index >= 15 is 0 Å². The molecule has 0 N–H and O–H groups in total. The molecular formula is C8H12I2O4S4. The summed E-state index contributed by atoms with van der Waals surface area (Å²) >= 11 is 4.37. The maximum atomic E-state index is 11.5. The van der Waals surface area contributed by atoms with E-state index < -0.39 is 19.7 Å². The lowest BCUT2D eigenvalue weighted by atomic mass is 10.4. The van der Waals surface area contributed by atoms with Gasteiger partial charge in [0.25, 0.3) is 0 Å². The summed E-state index contributed by atoms with van der Waals surface area (Å²) in [7, 11) is -2.66. The Morgan fingerprint density at radius 2 is 1.06 bits per heavy atom. The van der Waals surface area contributed by atoms with Crippen LogP contribution in [0.2, 0.25) is 0 Å². The summed E-state index contributed by atoms with van der Waals surface area (Å²) in [4.78, 5) is 0. The van der Waals surface area contributed by atoms with Gasteiger partial charge in [0.1, 0.15) is 0 Å². The first-order chi connectivity index (χ1) is 8.19. The van der Waals surface area contributed by atoms with Crippen molar-refractivity contribution in [1.82, 2.24) is 0 Å². The fourth-order valence-corrected chi connectivity index (χ4v) is 16.9. The number of rotatable bonds is 3. The van der Waals surface area contributed by atoms with Crippen LogP contribution >= 0.6 is 66.8 Å². The highest BCUT2D eigenvalue weighted by molar-refractivity contribution is 14.1. The normalized spacial score (nSPS) is 42.1. The quantitative estimate of drug-likeness (QED) is 0.300. The molecule has 4 nitrogen and oxygen atoms in total. The zero-order valence-corrected chi connectivity index (χ0v) is 16.7. The molecule has 2 fully saturated rings. The lowest BCUT2D eigenvalue weighted by Gasteiger charge is -2.15. The minimum absolute atomic E-state index is 0.0903. The Morgan fingerprint density at radius 1 is 0.722 bits per heavy atom. The first-order valence-corrected chi connectivity index (χ1v) is 13.6. The van der Waals surface area contributed by atoms with Crippen LogP contribution in [-0.4, -0.2) is 58.2 Å². The molecule has 2 heterocycles. The van der Waals surface area contributed by atoms with Gasteiger partial charge in [-0.2, -0.15) is 0 Å². The van der Waals surface area contributed by atoms with E-state index in [2.05, 4.69) is 45.2 Å². The first-order valence-electron chi connectivity index (χ1n) is 5.20. The molecule has 0 aromatic rings. The van der Waals surface area contributed by atoms with Gasteiger partial charge >= 0.3 is 0 Å². The molecule has 0 saturated carbocycles. The van der Waals surface area contributed by atoms with Crippen LogP contribution in [-0.2, 0) is 19.7 Å². The number of hydrogen-bond donors (Lipinski definition) is 0. The van der Waals surface area contributed by atoms with Crippen LogP contribution in [0.4, 0.5) is 0 Å². The van der Waals surface area contributed by atoms with Crippen molar-refractivity contribution >= 4 is 86.4 Å². The van der Waals surface area contributed by atoms with Crippen molar-refractivity contribution in [3.8, 4) is 0 Å². The average Bonchev–Trinajstić information content (AvgIpc) is 2.59. The van der Waals surface area contributed by atoms with Crippen molar-refractivity contribution in [3.05, 3.63) is 0 Å². The lowest BCUT2D eigenvalue weighted by molar-refractivity contribution is 0.600. The molecule has 0 aliphatic carbocycles. The maximum Gasteiger partial charge on any atom is 0.152 e. The Balaban J connectivity index is 1.90. The van der Waals surface area contributed by atoms with Crippen LogP contribution in [0.15, 0.2) is 0 Å². The zero-order valence-electron chi connectivity index (χ0n) is 9.16. The van der Waals surface area contributed by atoms with Crippen molar-refractivity contribution in [2.45, 2.75) is 18.3 Å². The molecule has 0 radical (unpaired) electrons. The number of sulfone groups is 2. The van der Waals surface area contributed by atoms with Gasteiger partial charge in [0, 0.05) is 18.3 Å². The van der Waals surface area contributed by atoms with E-state index in [0.717, 1.165) is 0 Å². The molecule has 2 saturated heterocycles. The molecule has 2 rings (SSSR count). The van der Waals surface area contributed by atoms with E-state index in [9.17, 15) is 16.8 Å². The molecule has 18 heavy (non-hydrogen) atoms. The molecule has 0 spiro atoms. The summed E-state index contributed by atoms with van der Waals surface area (Å²) in [5.74, 6) is 0.956. The van der Waals surface area contributed by atoms with Gasteiger partial charge in [-0.05, 0) is 0 Å². The van der Waals surface area contributed by atoms with E-state index in [0.29, 0.717) is 0 Å². The van der Waals surface area contributed by atoms with Crippen molar-refractivity contribution in [3.63, 3.8) is 0 Å². The third kappa shape index (κ3) is 4.28. The highest BCUT2D eigenvalue weighted by Crippen LogP contribution is 2.43. The molecule has 2 aliphatic heterocycles. The zero-order chi connectivity index (χ0) is 13.6. The first kappa shape index (κ1) is 16.4. The van der Waals surface area contributed by atoms with Gasteiger partial charge in [-0.1, -0.05) is 66.8 Å². The van der Waals surface area contributed by atoms with Crippen LogP contribution in [0.3, 0.4) is 0 Å². The summed E-state index contributed by atoms with van der Waals surface area (Å²) in [5.41, 5.74) is 0. The second-order valence-corrected chi connectivity index (χ2v) is 14.7. The highest BCUT2D eigenvalue weighted by Gasteiger charge is 2.40. The van der Waals surface area contributed by atoms with Gasteiger partial charge in [-0.15, -0.1) is 0 Å². The Bertz CT molecular complexity index is 469. The van der Waals surface area contributed by atoms with Crippen LogP contribution in [0, 0.1) is 0 Å². The molecule has 0 unspecified atom stereocenters. The Hall–Kier alpha value is 2.06. The largest absolute Gasteiger partial charge is 0.229 e. The predicted octanol–water partition coefficient (Wildman–Crippen LogP) is 1.57. The summed E-state index contributed by atoms with van der Waals surface area (Å²) < 4.78 is 46.2. The second-order valence-electron chi connectivity index (χ2n) is 4.46. The number of hydrogen-bond acceptors (Lipinski definition) is 6. The molecule has 2 aliphatic rings. The SMILES string of the molecule is O=S1(=O)C[C@H](SS[C@@H]2CS(=O)(=O)C[C@H]2I)[C@@H](I)C1. The molecule has 0 aromatic heterocycles. The van der Waals surface area contributed by atoms with Gasteiger partial charge in [-0.25, -0.2) is 16.8 Å². The monoisotopic (exact) mass is 554 g/mol. The summed E-state index contributed by atoms with van der Waals surface area (Å²) in [6.07, 6.45) is 0. The highest BCUT2D eigenvalue weighted by atomic mass is 127. The molecular weight excluding hydrogens is 542 g/mol. The third-order valence-electron chi connectivity index (χ3n) is 2.77. The van der Waals surface area contributed by atoms with Crippen molar-refractivity contribution in [1.29, 1.82) is 0 Å². The summed E-state index contributed by atoms with van der Waals surface area (Å²) in [6.45, 7) is 0. The van der Waals surface area contributed by atoms with Gasteiger partial charge in [0.2, 0.25) is 0 Å². The third-order valence-corrected chi connectivity index (χ3v) is 14.9. The molecule has 0 bridgehead atoms. The Morgan fingerprint density at radius 3 is 1.28 bits per heavy atom. The van der Waals surface area contributed by atoms with Crippen LogP contribution in [0.5, 0.6) is 0 Å². The maximum absolute atomic E-state index is 11.5. The van der Waals surface area contributed by atoms with E-state index in [1.165, 1.54) is 0 Å². The van der Waals surface area contributed by atoms with Gasteiger partial charge in [-0.3, -0.25) is 0 Å². The van der Waals surface area contributed by atoms with Crippen LogP contribution < -0.4 is 0 Å². The van der Waals surface area contributed by atoms with E-state index in [1.54, 1.807) is 21.6 Å². The summed E-state index contributed by atoms with van der Waals surface area (Å²) in [5, 5.41) is 0.181. The molecule has 0 amide bonds. The van der Waals surface area contributed by atoms with Crippen LogP contribution in [0.25, 0.3) is 0 Å². The predicted molar refractivity (Wildman–Crippen MR) is 95.7 cm³/mol. The summed E-state index contributed by atoms with van der Waals surface area (Å²) in [6, 6.07) is 0. The van der Waals surface area contributed by atoms with Gasteiger partial charge < -0.3 is 0 Å². The minimum Gasteiger partial charge on any atom is -0.229 e. The smallest absolute Gasteiger partial charge is 0.152 e. The fourth-order valence-electron chi connectivity index (χ4n) is 1.86. The average molecular weight is 554 g/mol. The Kier molecular flexibility index (Phi) is 5.52.